The third kappa shape index (κ3) is 2.85. The van der Waals surface area contributed by atoms with E-state index in [4.69, 9.17) is 9.15 Å². The monoisotopic (exact) mass is 483 g/mol. The van der Waals surface area contributed by atoms with E-state index in [1.54, 1.807) is 37.4 Å². The molecule has 7 nitrogen and oxygen atoms in total. The zero-order valence-corrected chi connectivity index (χ0v) is 18.3. The standard InChI is InChI=1S/C21H14BrN3O4S/c1-10-23-24-21(30-10)25-17(11-3-6-13(28-2)7-4-11)16-18(26)14-9-12(22)5-8-15(14)29-19(16)20(25)27/h3-9,17H,1-2H3. The van der Waals surface area contributed by atoms with Crippen LogP contribution in [0.2, 0.25) is 0 Å². The summed E-state index contributed by atoms with van der Waals surface area (Å²) in [4.78, 5) is 28.3. The van der Waals surface area contributed by atoms with Gasteiger partial charge in [0, 0.05) is 4.47 Å². The van der Waals surface area contributed by atoms with E-state index in [1.807, 2.05) is 19.1 Å². The number of methoxy groups -OCH3 is 1. The van der Waals surface area contributed by atoms with Gasteiger partial charge >= 0.3 is 0 Å². The van der Waals surface area contributed by atoms with Gasteiger partial charge in [0.05, 0.1) is 24.1 Å². The molecule has 0 fully saturated rings. The summed E-state index contributed by atoms with van der Waals surface area (Å²) in [6.45, 7) is 1.81. The van der Waals surface area contributed by atoms with Crippen LogP contribution in [0.4, 0.5) is 5.13 Å². The van der Waals surface area contributed by atoms with Crippen molar-refractivity contribution in [3.05, 3.63) is 79.1 Å². The van der Waals surface area contributed by atoms with Gasteiger partial charge in [-0.3, -0.25) is 14.5 Å². The molecule has 2 aromatic carbocycles. The average Bonchev–Trinajstić information content (AvgIpc) is 3.30. The van der Waals surface area contributed by atoms with Crippen molar-refractivity contribution in [2.75, 3.05) is 12.0 Å². The second kappa shape index (κ2) is 7.03. The molecule has 5 rings (SSSR count). The summed E-state index contributed by atoms with van der Waals surface area (Å²) in [6, 6.07) is 11.7. The van der Waals surface area contributed by atoms with Crippen LogP contribution in [0, 0.1) is 6.92 Å². The Kier molecular flexibility index (Phi) is 4.44. The highest BCUT2D eigenvalue weighted by molar-refractivity contribution is 9.10. The van der Waals surface area contributed by atoms with Crippen molar-refractivity contribution >= 4 is 49.3 Å². The topological polar surface area (TPSA) is 85.5 Å². The Morgan fingerprint density at radius 3 is 2.57 bits per heavy atom. The fourth-order valence-corrected chi connectivity index (χ4v) is 4.70. The number of carbonyl (C=O) groups is 1. The van der Waals surface area contributed by atoms with Crippen molar-refractivity contribution in [2.24, 2.45) is 0 Å². The van der Waals surface area contributed by atoms with Crippen LogP contribution in [0.25, 0.3) is 11.0 Å². The highest BCUT2D eigenvalue weighted by atomic mass is 79.9. The number of aromatic nitrogens is 2. The van der Waals surface area contributed by atoms with E-state index in [9.17, 15) is 9.59 Å². The van der Waals surface area contributed by atoms with Gasteiger partial charge in [0.2, 0.25) is 10.9 Å². The molecule has 0 saturated heterocycles. The number of anilines is 1. The molecule has 3 heterocycles. The lowest BCUT2D eigenvalue weighted by Gasteiger charge is -2.22. The molecular weight excluding hydrogens is 470 g/mol. The van der Waals surface area contributed by atoms with Crippen molar-refractivity contribution in [3.8, 4) is 5.75 Å². The molecular formula is C21H14BrN3O4S. The van der Waals surface area contributed by atoms with Crippen molar-refractivity contribution in [2.45, 2.75) is 13.0 Å². The van der Waals surface area contributed by atoms with Gasteiger partial charge in [0.25, 0.3) is 5.91 Å². The Labute approximate surface area is 183 Å². The molecule has 150 valence electrons. The minimum absolute atomic E-state index is 0.0310. The summed E-state index contributed by atoms with van der Waals surface area (Å²) in [5.74, 6) is 0.295. The van der Waals surface area contributed by atoms with Crippen molar-refractivity contribution in [3.63, 3.8) is 0 Å². The van der Waals surface area contributed by atoms with Gasteiger partial charge in [0.1, 0.15) is 16.3 Å². The van der Waals surface area contributed by atoms with E-state index in [0.29, 0.717) is 27.4 Å². The maximum Gasteiger partial charge on any atom is 0.297 e. The number of hydrogen-bond donors (Lipinski definition) is 0. The summed E-state index contributed by atoms with van der Waals surface area (Å²) < 4.78 is 11.9. The van der Waals surface area contributed by atoms with Gasteiger partial charge in [-0.15, -0.1) is 10.2 Å². The van der Waals surface area contributed by atoms with E-state index in [1.165, 1.54) is 16.2 Å². The molecule has 1 aliphatic heterocycles. The Hall–Kier alpha value is -3.04. The summed E-state index contributed by atoms with van der Waals surface area (Å²) in [6.07, 6.45) is 0. The first-order chi connectivity index (χ1) is 14.5. The summed E-state index contributed by atoms with van der Waals surface area (Å²) >= 11 is 4.68. The van der Waals surface area contributed by atoms with Crippen LogP contribution >= 0.6 is 27.3 Å². The minimum atomic E-state index is -0.676. The third-order valence-corrected chi connectivity index (χ3v) is 6.32. The lowest BCUT2D eigenvalue weighted by atomic mass is 9.98. The van der Waals surface area contributed by atoms with Gasteiger partial charge in [-0.1, -0.05) is 39.4 Å². The van der Waals surface area contributed by atoms with Crippen LogP contribution in [0.5, 0.6) is 5.75 Å². The number of hydrogen-bond acceptors (Lipinski definition) is 7. The van der Waals surface area contributed by atoms with Crippen LogP contribution in [0.15, 0.2) is 56.1 Å². The quantitative estimate of drug-likeness (QED) is 0.427. The lowest BCUT2D eigenvalue weighted by Crippen LogP contribution is -2.29. The van der Waals surface area contributed by atoms with Crippen LogP contribution in [0.3, 0.4) is 0 Å². The molecule has 1 unspecified atom stereocenters. The Morgan fingerprint density at radius 1 is 1.13 bits per heavy atom. The molecule has 0 N–H and O–H groups in total. The van der Waals surface area contributed by atoms with Gasteiger partial charge in [-0.25, -0.2) is 0 Å². The second-order valence-electron chi connectivity index (χ2n) is 6.77. The number of rotatable bonds is 3. The second-order valence-corrected chi connectivity index (χ2v) is 8.84. The first-order valence-corrected chi connectivity index (χ1v) is 10.6. The number of fused-ring (bicyclic) bond motifs is 2. The molecule has 1 aliphatic rings. The predicted molar refractivity (Wildman–Crippen MR) is 116 cm³/mol. The normalized spacial score (nSPS) is 15.6. The fraction of sp³-hybridized carbons (Fsp3) is 0.143. The van der Waals surface area contributed by atoms with E-state index in [2.05, 4.69) is 26.1 Å². The molecule has 0 spiro atoms. The van der Waals surface area contributed by atoms with Crippen LogP contribution in [-0.2, 0) is 0 Å². The number of ether oxygens (including phenoxy) is 1. The molecule has 1 amide bonds. The molecule has 4 aromatic rings. The molecule has 0 radical (unpaired) electrons. The van der Waals surface area contributed by atoms with Crippen LogP contribution in [0.1, 0.15) is 32.7 Å². The number of carbonyl (C=O) groups excluding carboxylic acids is 1. The number of halogens is 1. The van der Waals surface area contributed by atoms with E-state index in [-0.39, 0.29) is 11.2 Å². The first kappa shape index (κ1) is 19.0. The van der Waals surface area contributed by atoms with E-state index < -0.39 is 11.9 Å². The van der Waals surface area contributed by atoms with Crippen molar-refractivity contribution < 1.29 is 13.9 Å². The smallest absolute Gasteiger partial charge is 0.297 e. The summed E-state index contributed by atoms with van der Waals surface area (Å²) in [5.41, 5.74) is 1.16. The fourth-order valence-electron chi connectivity index (χ4n) is 3.63. The minimum Gasteiger partial charge on any atom is -0.497 e. The molecule has 0 aliphatic carbocycles. The number of aryl methyl sites for hydroxylation is 1. The van der Waals surface area contributed by atoms with Gasteiger partial charge < -0.3 is 9.15 Å². The lowest BCUT2D eigenvalue weighted by molar-refractivity contribution is 0.0970. The number of nitrogens with zero attached hydrogens (tertiary/aromatic N) is 3. The average molecular weight is 484 g/mol. The number of benzene rings is 2. The van der Waals surface area contributed by atoms with Crippen LogP contribution in [-0.4, -0.2) is 23.2 Å². The summed E-state index contributed by atoms with van der Waals surface area (Å²) in [7, 11) is 1.58. The van der Waals surface area contributed by atoms with Crippen molar-refractivity contribution in [1.29, 1.82) is 0 Å². The highest BCUT2D eigenvalue weighted by Gasteiger charge is 2.45. The van der Waals surface area contributed by atoms with Crippen molar-refractivity contribution in [1.82, 2.24) is 10.2 Å². The molecule has 9 heteroatoms. The molecule has 30 heavy (non-hydrogen) atoms. The predicted octanol–water partition coefficient (Wildman–Crippen LogP) is 4.47. The van der Waals surface area contributed by atoms with Gasteiger partial charge in [-0.2, -0.15) is 0 Å². The third-order valence-electron chi connectivity index (χ3n) is 4.99. The van der Waals surface area contributed by atoms with Crippen LogP contribution < -0.4 is 15.1 Å². The Balaban J connectivity index is 1.80. The largest absolute Gasteiger partial charge is 0.497 e. The molecule has 0 bridgehead atoms. The zero-order valence-electron chi connectivity index (χ0n) is 15.9. The van der Waals surface area contributed by atoms with Gasteiger partial charge in [-0.05, 0) is 42.8 Å². The van der Waals surface area contributed by atoms with E-state index in [0.717, 1.165) is 15.0 Å². The van der Waals surface area contributed by atoms with E-state index >= 15 is 0 Å². The zero-order chi connectivity index (χ0) is 21.0. The molecule has 1 atom stereocenters. The van der Waals surface area contributed by atoms with Gasteiger partial charge in [0.15, 0.2) is 5.43 Å². The Morgan fingerprint density at radius 2 is 1.90 bits per heavy atom. The summed E-state index contributed by atoms with van der Waals surface area (Å²) in [5, 5.41) is 9.73. The maximum atomic E-state index is 13.5. The maximum absolute atomic E-state index is 13.5. The molecule has 2 aromatic heterocycles. The molecule has 0 saturated carbocycles. The Bertz CT molecular complexity index is 1360. The number of amides is 1. The first-order valence-electron chi connectivity index (χ1n) is 9.02. The SMILES string of the molecule is COc1ccc(C2c3c(oc4ccc(Br)cc4c3=O)C(=O)N2c2nnc(C)s2)cc1. The highest BCUT2D eigenvalue weighted by Crippen LogP contribution is 2.42.